The highest BCUT2D eigenvalue weighted by Gasteiger charge is 2.20. The van der Waals surface area contributed by atoms with Gasteiger partial charge in [-0.1, -0.05) is 42.4 Å². The Balaban J connectivity index is 2.08. The molecule has 6 nitrogen and oxygen atoms in total. The smallest absolute Gasteiger partial charge is 0.262 e. The topological polar surface area (TPSA) is 73.8 Å². The Labute approximate surface area is 154 Å². The van der Waals surface area contributed by atoms with Gasteiger partial charge in [-0.05, 0) is 38.0 Å². The number of nitrogens with zero attached hydrogens (tertiary/aromatic N) is 4. The van der Waals surface area contributed by atoms with Crippen LogP contribution in [0.4, 0.5) is 0 Å². The van der Waals surface area contributed by atoms with Gasteiger partial charge in [0, 0.05) is 11.6 Å². The van der Waals surface area contributed by atoms with E-state index in [2.05, 4.69) is 29.0 Å². The molecule has 132 valence electrons. The van der Waals surface area contributed by atoms with E-state index in [9.17, 15) is 4.79 Å². The van der Waals surface area contributed by atoms with E-state index < -0.39 is 0 Å². The molecule has 0 fully saturated rings. The maximum atomic E-state index is 13.0. The average Bonchev–Trinajstić information content (AvgIpc) is 2.98. The molecule has 2 heterocycles. The molecule has 0 N–H and O–H groups in total. The lowest BCUT2D eigenvalue weighted by Gasteiger charge is -2.16. The minimum atomic E-state index is -0.115. The third kappa shape index (κ3) is 3.88. The van der Waals surface area contributed by atoms with E-state index >= 15 is 0 Å². The van der Waals surface area contributed by atoms with Crippen LogP contribution in [-0.2, 0) is 6.54 Å². The van der Waals surface area contributed by atoms with Gasteiger partial charge < -0.3 is 4.52 Å². The van der Waals surface area contributed by atoms with E-state index in [0.717, 1.165) is 0 Å². The van der Waals surface area contributed by atoms with Crippen LogP contribution in [0.1, 0.15) is 37.7 Å². The fraction of sp³-hybridized carbons (Fsp3) is 0.412. The second-order valence-corrected chi connectivity index (χ2v) is 8.05. The Bertz CT molecular complexity index is 967. The second-order valence-electron chi connectivity index (χ2n) is 6.31. The number of thioether (sulfide) groups is 1. The summed E-state index contributed by atoms with van der Waals surface area (Å²) >= 11 is 7.48. The Kier molecular flexibility index (Phi) is 5.15. The zero-order valence-electron chi connectivity index (χ0n) is 14.5. The molecule has 0 bridgehead atoms. The highest BCUT2D eigenvalue weighted by atomic mass is 35.5. The second kappa shape index (κ2) is 7.17. The highest BCUT2D eigenvalue weighted by Crippen LogP contribution is 2.33. The van der Waals surface area contributed by atoms with Gasteiger partial charge >= 0.3 is 0 Å². The van der Waals surface area contributed by atoms with E-state index in [-0.39, 0.29) is 10.8 Å². The number of aromatic nitrogens is 4. The summed E-state index contributed by atoms with van der Waals surface area (Å²) in [7, 11) is 0. The molecule has 0 aliphatic heterocycles. The quantitative estimate of drug-likeness (QED) is 0.488. The molecule has 0 saturated carbocycles. The van der Waals surface area contributed by atoms with E-state index in [4.69, 9.17) is 16.1 Å². The molecule has 0 aliphatic rings. The Morgan fingerprint density at radius 3 is 2.68 bits per heavy atom. The fourth-order valence-corrected chi connectivity index (χ4v) is 3.60. The summed E-state index contributed by atoms with van der Waals surface area (Å²) in [5.74, 6) is 1.41. The molecule has 0 amide bonds. The molecule has 0 saturated heterocycles. The maximum absolute atomic E-state index is 13.0. The zero-order valence-corrected chi connectivity index (χ0v) is 16.1. The predicted molar refractivity (Wildman–Crippen MR) is 99.2 cm³/mol. The zero-order chi connectivity index (χ0) is 18.1. The minimum Gasteiger partial charge on any atom is -0.338 e. The molecule has 3 rings (SSSR count). The number of halogens is 1. The average molecular weight is 379 g/mol. The summed E-state index contributed by atoms with van der Waals surface area (Å²) in [6.45, 7) is 8.43. The van der Waals surface area contributed by atoms with Crippen LogP contribution in [0.15, 0.2) is 32.7 Å². The maximum Gasteiger partial charge on any atom is 0.262 e. The molecule has 1 aromatic carbocycles. The summed E-state index contributed by atoms with van der Waals surface area (Å²) in [6, 6.07) is 5.18. The molecule has 0 radical (unpaired) electrons. The third-order valence-electron chi connectivity index (χ3n) is 3.60. The van der Waals surface area contributed by atoms with Crippen LogP contribution in [0.5, 0.6) is 0 Å². The number of hydrogen-bond donors (Lipinski definition) is 0. The lowest BCUT2D eigenvalue weighted by molar-refractivity contribution is 0.376. The lowest BCUT2D eigenvalue weighted by Crippen LogP contribution is -2.25. The van der Waals surface area contributed by atoms with Crippen LogP contribution in [0.2, 0.25) is 5.02 Å². The van der Waals surface area contributed by atoms with Gasteiger partial charge in [0.25, 0.3) is 5.56 Å². The summed E-state index contributed by atoms with van der Waals surface area (Å²) < 4.78 is 6.94. The monoisotopic (exact) mass is 378 g/mol. The molecule has 0 spiro atoms. The van der Waals surface area contributed by atoms with Gasteiger partial charge in [0.05, 0.1) is 16.2 Å². The van der Waals surface area contributed by atoms with E-state index in [1.54, 1.807) is 29.7 Å². The lowest BCUT2D eigenvalue weighted by atomic mass is 10.2. The fourth-order valence-electron chi connectivity index (χ4n) is 2.48. The van der Waals surface area contributed by atoms with Gasteiger partial charge in [-0.2, -0.15) is 4.98 Å². The van der Waals surface area contributed by atoms with Gasteiger partial charge in [-0.25, -0.2) is 4.98 Å². The third-order valence-corrected chi connectivity index (χ3v) is 4.91. The first-order valence-electron chi connectivity index (χ1n) is 8.02. The number of fused-ring (bicyclic) bond motifs is 1. The molecule has 1 unspecified atom stereocenters. The predicted octanol–water partition coefficient (Wildman–Crippen LogP) is 4.25. The van der Waals surface area contributed by atoms with E-state index in [1.165, 1.54) is 11.8 Å². The molecule has 8 heteroatoms. The molecule has 25 heavy (non-hydrogen) atoms. The van der Waals surface area contributed by atoms with E-state index in [0.29, 0.717) is 45.3 Å². The van der Waals surface area contributed by atoms with Crippen LogP contribution in [0.3, 0.4) is 0 Å². The SMILES string of the molecule is Cc1noc(C(C)Sc2nc3ccc(Cl)cc3c(=O)n2CC(C)C)n1. The van der Waals surface area contributed by atoms with Crippen molar-refractivity contribution in [1.29, 1.82) is 0 Å². The molecule has 3 aromatic rings. The summed E-state index contributed by atoms with van der Waals surface area (Å²) in [4.78, 5) is 21.9. The number of rotatable bonds is 5. The molecular formula is C17H19ClN4O2S. The minimum absolute atomic E-state index is 0.0855. The van der Waals surface area contributed by atoms with Gasteiger partial charge in [0.2, 0.25) is 5.89 Å². The first kappa shape index (κ1) is 17.9. The summed E-state index contributed by atoms with van der Waals surface area (Å²) in [6.07, 6.45) is 0. The van der Waals surface area contributed by atoms with Crippen LogP contribution in [0.25, 0.3) is 10.9 Å². The van der Waals surface area contributed by atoms with Crippen molar-refractivity contribution in [3.05, 3.63) is 45.3 Å². The van der Waals surface area contributed by atoms with E-state index in [1.807, 2.05) is 6.92 Å². The van der Waals surface area contributed by atoms with Crippen molar-refractivity contribution >= 4 is 34.3 Å². The van der Waals surface area contributed by atoms with Crippen molar-refractivity contribution in [3.63, 3.8) is 0 Å². The van der Waals surface area contributed by atoms with Crippen molar-refractivity contribution < 1.29 is 4.52 Å². The van der Waals surface area contributed by atoms with Crippen LogP contribution in [0, 0.1) is 12.8 Å². The molecular weight excluding hydrogens is 360 g/mol. The largest absolute Gasteiger partial charge is 0.338 e. The number of hydrogen-bond acceptors (Lipinski definition) is 6. The molecule has 1 atom stereocenters. The highest BCUT2D eigenvalue weighted by molar-refractivity contribution is 7.99. The van der Waals surface area contributed by atoms with Crippen LogP contribution in [-0.4, -0.2) is 19.7 Å². The van der Waals surface area contributed by atoms with Gasteiger partial charge in [-0.3, -0.25) is 9.36 Å². The molecule has 0 aliphatic carbocycles. The Morgan fingerprint density at radius 1 is 1.28 bits per heavy atom. The van der Waals surface area contributed by atoms with Crippen molar-refractivity contribution in [2.24, 2.45) is 5.92 Å². The van der Waals surface area contributed by atoms with Crippen molar-refractivity contribution in [2.45, 2.75) is 44.6 Å². The summed E-state index contributed by atoms with van der Waals surface area (Å²) in [5.41, 5.74) is 0.545. The van der Waals surface area contributed by atoms with Crippen molar-refractivity contribution in [1.82, 2.24) is 19.7 Å². The first-order chi connectivity index (χ1) is 11.8. The Morgan fingerprint density at radius 2 is 2.04 bits per heavy atom. The first-order valence-corrected chi connectivity index (χ1v) is 9.28. The van der Waals surface area contributed by atoms with Gasteiger partial charge in [0.1, 0.15) is 0 Å². The normalized spacial score (nSPS) is 12.9. The standard InChI is InChI=1S/C17H19ClN4O2S/c1-9(2)8-22-16(23)13-7-12(18)5-6-14(13)20-17(22)25-10(3)15-19-11(4)21-24-15/h5-7,9-10H,8H2,1-4H3. The molecule has 2 aromatic heterocycles. The number of benzene rings is 1. The number of aryl methyl sites for hydroxylation is 1. The van der Waals surface area contributed by atoms with Crippen LogP contribution < -0.4 is 5.56 Å². The van der Waals surface area contributed by atoms with Crippen LogP contribution >= 0.6 is 23.4 Å². The van der Waals surface area contributed by atoms with Crippen molar-refractivity contribution in [2.75, 3.05) is 0 Å². The van der Waals surface area contributed by atoms with Gasteiger partial charge in [0.15, 0.2) is 11.0 Å². The summed E-state index contributed by atoms with van der Waals surface area (Å²) in [5, 5.41) is 5.40. The van der Waals surface area contributed by atoms with Crippen molar-refractivity contribution in [3.8, 4) is 0 Å². The van der Waals surface area contributed by atoms with Gasteiger partial charge in [-0.15, -0.1) is 0 Å². The Hall–Kier alpha value is -1.86.